The second kappa shape index (κ2) is 5.62. The normalized spacial score (nSPS) is 20.4. The topological polar surface area (TPSA) is 55.8 Å². The van der Waals surface area contributed by atoms with Gasteiger partial charge in [-0.1, -0.05) is 0 Å². The molecule has 1 atom stereocenters. The Morgan fingerprint density at radius 1 is 1.59 bits per heavy atom. The summed E-state index contributed by atoms with van der Waals surface area (Å²) in [6.45, 7) is 5.37. The first-order valence-electron chi connectivity index (χ1n) is 5.50. The maximum absolute atomic E-state index is 11.8. The van der Waals surface area contributed by atoms with E-state index in [-0.39, 0.29) is 12.7 Å². The van der Waals surface area contributed by atoms with Crippen LogP contribution in [0.5, 0.6) is 0 Å². The molecule has 17 heavy (non-hydrogen) atoms. The zero-order valence-corrected chi connectivity index (χ0v) is 11.5. The van der Waals surface area contributed by atoms with Crippen molar-refractivity contribution in [2.45, 2.75) is 38.8 Å². The third-order valence-electron chi connectivity index (χ3n) is 2.22. The number of ether oxygens (including phenoxy) is 2. The van der Waals surface area contributed by atoms with Gasteiger partial charge < -0.3 is 9.47 Å². The fourth-order valence-electron chi connectivity index (χ4n) is 1.45. The Bertz CT molecular complexity index is 300. The van der Waals surface area contributed by atoms with E-state index >= 15 is 0 Å². The van der Waals surface area contributed by atoms with Crippen molar-refractivity contribution in [2.24, 2.45) is 0 Å². The average molecular weight is 261 g/mol. The van der Waals surface area contributed by atoms with Crippen LogP contribution < -0.4 is 0 Å². The van der Waals surface area contributed by atoms with Gasteiger partial charge in [0.25, 0.3) is 0 Å². The maximum Gasteiger partial charge on any atom is 0.413 e. The summed E-state index contributed by atoms with van der Waals surface area (Å²) in [5, 5.41) is 0. The van der Waals surface area contributed by atoms with Gasteiger partial charge in [0.1, 0.15) is 11.6 Å². The molecule has 1 saturated heterocycles. The predicted octanol–water partition coefficient (Wildman–Crippen LogP) is 1.86. The van der Waals surface area contributed by atoms with Gasteiger partial charge in [-0.05, 0) is 39.2 Å². The Balaban J connectivity index is 2.62. The van der Waals surface area contributed by atoms with E-state index in [1.165, 1.54) is 4.90 Å². The van der Waals surface area contributed by atoms with Crippen LogP contribution in [0.15, 0.2) is 0 Å². The van der Waals surface area contributed by atoms with E-state index < -0.39 is 17.7 Å². The van der Waals surface area contributed by atoms with Crippen molar-refractivity contribution in [3.63, 3.8) is 0 Å². The van der Waals surface area contributed by atoms with Crippen LogP contribution in [0.4, 0.5) is 4.79 Å². The molecule has 0 N–H and O–H groups in total. The number of esters is 1. The van der Waals surface area contributed by atoms with Gasteiger partial charge in [0, 0.05) is 0 Å². The van der Waals surface area contributed by atoms with Crippen LogP contribution in [-0.2, 0) is 14.3 Å². The van der Waals surface area contributed by atoms with Crippen molar-refractivity contribution in [1.29, 1.82) is 0 Å². The Kier molecular flexibility index (Phi) is 4.68. The largest absolute Gasteiger partial charge is 0.444 e. The van der Waals surface area contributed by atoms with Crippen LogP contribution in [-0.4, -0.2) is 47.3 Å². The number of hydrogen-bond acceptors (Lipinski definition) is 5. The molecular formula is C11H19NO4S. The number of carbonyl (C=O) groups excluding carboxylic acids is 2. The highest BCUT2D eigenvalue weighted by Crippen LogP contribution is 2.20. The lowest BCUT2D eigenvalue weighted by Gasteiger charge is -2.25. The van der Waals surface area contributed by atoms with Crippen LogP contribution in [0, 0.1) is 0 Å². The zero-order chi connectivity index (χ0) is 13.1. The van der Waals surface area contributed by atoms with Crippen LogP contribution in [0.25, 0.3) is 0 Å². The zero-order valence-electron chi connectivity index (χ0n) is 10.7. The van der Waals surface area contributed by atoms with E-state index in [9.17, 15) is 9.59 Å². The summed E-state index contributed by atoms with van der Waals surface area (Å²) < 4.78 is 10.1. The summed E-state index contributed by atoms with van der Waals surface area (Å²) in [5.41, 5.74) is -0.563. The molecule has 1 unspecified atom stereocenters. The Hall–Kier alpha value is -0.910. The first kappa shape index (κ1) is 14.2. The van der Waals surface area contributed by atoms with Gasteiger partial charge in [-0.15, -0.1) is 0 Å². The molecule has 1 fully saturated rings. The molecule has 0 aliphatic carbocycles. The lowest BCUT2D eigenvalue weighted by molar-refractivity contribution is -0.139. The Labute approximate surface area is 106 Å². The predicted molar refractivity (Wildman–Crippen MR) is 65.8 cm³/mol. The minimum absolute atomic E-state index is 0.00715. The van der Waals surface area contributed by atoms with Crippen LogP contribution in [0.3, 0.4) is 0 Å². The lowest BCUT2D eigenvalue weighted by Crippen LogP contribution is -2.41. The van der Waals surface area contributed by atoms with Gasteiger partial charge in [0.15, 0.2) is 6.73 Å². The number of nitrogens with zero attached hydrogens (tertiary/aromatic N) is 1. The Morgan fingerprint density at radius 3 is 2.76 bits per heavy atom. The molecule has 0 aromatic carbocycles. The fourth-order valence-corrected chi connectivity index (χ4v) is 1.91. The Morgan fingerprint density at radius 2 is 2.24 bits per heavy atom. The molecule has 0 bridgehead atoms. The van der Waals surface area contributed by atoms with Gasteiger partial charge in [-0.3, -0.25) is 4.90 Å². The summed E-state index contributed by atoms with van der Waals surface area (Å²) in [6.07, 6.45) is 2.06. The van der Waals surface area contributed by atoms with E-state index in [4.69, 9.17) is 9.47 Å². The highest BCUT2D eigenvalue weighted by Gasteiger charge is 2.39. The number of amides is 1. The molecule has 5 nitrogen and oxygen atoms in total. The molecule has 1 rings (SSSR count). The third kappa shape index (κ3) is 4.11. The molecule has 0 spiro atoms. The lowest BCUT2D eigenvalue weighted by atomic mass is 10.2. The fraction of sp³-hybridized carbons (Fsp3) is 0.818. The molecule has 0 radical (unpaired) electrons. The molecule has 0 saturated carbocycles. The van der Waals surface area contributed by atoms with Crippen molar-refractivity contribution in [3.8, 4) is 0 Å². The van der Waals surface area contributed by atoms with Crippen molar-refractivity contribution >= 4 is 23.8 Å². The minimum atomic E-state index is -0.563. The minimum Gasteiger partial charge on any atom is -0.444 e. The van der Waals surface area contributed by atoms with E-state index in [0.717, 1.165) is 5.75 Å². The first-order valence-corrected chi connectivity index (χ1v) is 6.90. The second-order valence-corrected chi connectivity index (χ2v) is 5.83. The van der Waals surface area contributed by atoms with Crippen molar-refractivity contribution in [2.75, 3.05) is 18.7 Å². The summed E-state index contributed by atoms with van der Waals surface area (Å²) in [4.78, 5) is 24.7. The quantitative estimate of drug-likeness (QED) is 0.726. The molecule has 1 heterocycles. The number of thioether (sulfide) groups is 1. The summed E-state index contributed by atoms with van der Waals surface area (Å²) in [5.74, 6) is 0.462. The monoisotopic (exact) mass is 261 g/mol. The number of cyclic esters (lactones) is 1. The molecule has 0 aromatic heterocycles. The van der Waals surface area contributed by atoms with Crippen LogP contribution >= 0.6 is 11.8 Å². The molecule has 0 aromatic rings. The summed E-state index contributed by atoms with van der Waals surface area (Å²) in [6, 6.07) is -0.503. The van der Waals surface area contributed by atoms with E-state index in [2.05, 4.69) is 0 Å². The molecule has 1 aliphatic rings. The molecular weight excluding hydrogens is 242 g/mol. The average Bonchev–Trinajstić information content (AvgIpc) is 2.54. The molecule has 1 aliphatic heterocycles. The standard InChI is InChI=1S/C11H19NO4S/c1-11(2,3)16-10(14)12-7-15-9(13)8(12)5-6-17-4/h8H,5-7H2,1-4H3. The van der Waals surface area contributed by atoms with Gasteiger partial charge >= 0.3 is 12.1 Å². The highest BCUT2D eigenvalue weighted by molar-refractivity contribution is 7.98. The van der Waals surface area contributed by atoms with Gasteiger partial charge in [0.05, 0.1) is 0 Å². The van der Waals surface area contributed by atoms with Crippen molar-refractivity contribution < 1.29 is 19.1 Å². The van der Waals surface area contributed by atoms with E-state index in [0.29, 0.717) is 6.42 Å². The number of carbonyl (C=O) groups is 2. The molecule has 98 valence electrons. The second-order valence-electron chi connectivity index (χ2n) is 4.84. The van der Waals surface area contributed by atoms with Gasteiger partial charge in [0.2, 0.25) is 0 Å². The van der Waals surface area contributed by atoms with Crippen LogP contribution in [0.1, 0.15) is 27.2 Å². The molecule has 1 amide bonds. The van der Waals surface area contributed by atoms with E-state index in [1.54, 1.807) is 32.5 Å². The number of rotatable bonds is 3. The smallest absolute Gasteiger partial charge is 0.413 e. The highest BCUT2D eigenvalue weighted by atomic mass is 32.2. The van der Waals surface area contributed by atoms with Crippen molar-refractivity contribution in [1.82, 2.24) is 4.90 Å². The van der Waals surface area contributed by atoms with Crippen LogP contribution in [0.2, 0.25) is 0 Å². The summed E-state index contributed by atoms with van der Waals surface area (Å²) in [7, 11) is 0. The maximum atomic E-state index is 11.8. The van der Waals surface area contributed by atoms with Gasteiger partial charge in [-0.25, -0.2) is 9.59 Å². The summed E-state index contributed by atoms with van der Waals surface area (Å²) >= 11 is 1.63. The first-order chi connectivity index (χ1) is 7.85. The number of hydrogen-bond donors (Lipinski definition) is 0. The molecule has 6 heteroatoms. The van der Waals surface area contributed by atoms with Crippen molar-refractivity contribution in [3.05, 3.63) is 0 Å². The SMILES string of the molecule is CSCCC1C(=O)OCN1C(=O)OC(C)(C)C. The van der Waals surface area contributed by atoms with Gasteiger partial charge in [-0.2, -0.15) is 11.8 Å². The van der Waals surface area contributed by atoms with E-state index in [1.807, 2.05) is 6.26 Å². The third-order valence-corrected chi connectivity index (χ3v) is 2.86.